The zero-order chi connectivity index (χ0) is 17.5. The Morgan fingerprint density at radius 3 is 2.65 bits per heavy atom. The Morgan fingerprint density at radius 2 is 1.81 bits per heavy atom. The molecule has 1 heteroatoms. The predicted molar refractivity (Wildman–Crippen MR) is 109 cm³/mol. The van der Waals surface area contributed by atoms with E-state index in [1.165, 1.54) is 53.5 Å². The van der Waals surface area contributed by atoms with Crippen molar-refractivity contribution in [3.05, 3.63) is 82.9 Å². The van der Waals surface area contributed by atoms with Crippen LogP contribution in [0.3, 0.4) is 0 Å². The number of hydrogen-bond acceptors (Lipinski definition) is 1. The SMILES string of the molecule is Oc1cccc(C2=CC(c3ccc4c(c3)C=CC4C3CCCC3)=CC2)c1. The number of hydrogen-bond donors (Lipinski definition) is 1. The number of phenolic OH excluding ortho intramolecular Hbond substituents is 1. The molecule has 3 aliphatic rings. The molecule has 0 heterocycles. The highest BCUT2D eigenvalue weighted by molar-refractivity contribution is 5.90. The molecule has 1 saturated carbocycles. The largest absolute Gasteiger partial charge is 0.508 e. The normalized spacial score (nSPS) is 21.8. The molecule has 1 fully saturated rings. The second-order valence-electron chi connectivity index (χ2n) is 7.86. The molecule has 3 aliphatic carbocycles. The third-order valence-corrected chi connectivity index (χ3v) is 6.26. The summed E-state index contributed by atoms with van der Waals surface area (Å²) in [6, 6.07) is 14.6. The molecule has 2 aromatic rings. The fourth-order valence-electron chi connectivity index (χ4n) is 4.87. The van der Waals surface area contributed by atoms with Crippen LogP contribution in [0.4, 0.5) is 0 Å². The average Bonchev–Trinajstić information content (AvgIpc) is 3.40. The van der Waals surface area contributed by atoms with Crippen molar-refractivity contribution in [3.63, 3.8) is 0 Å². The lowest BCUT2D eigenvalue weighted by molar-refractivity contribution is 0.475. The van der Waals surface area contributed by atoms with Crippen molar-refractivity contribution in [2.75, 3.05) is 0 Å². The zero-order valence-corrected chi connectivity index (χ0v) is 15.0. The molecule has 1 N–H and O–H groups in total. The van der Waals surface area contributed by atoms with Gasteiger partial charge in [-0.05, 0) is 76.8 Å². The highest BCUT2D eigenvalue weighted by atomic mass is 16.3. The van der Waals surface area contributed by atoms with Gasteiger partial charge in [0.25, 0.3) is 0 Å². The van der Waals surface area contributed by atoms with Crippen molar-refractivity contribution in [2.45, 2.75) is 38.0 Å². The van der Waals surface area contributed by atoms with E-state index in [1.807, 2.05) is 12.1 Å². The van der Waals surface area contributed by atoms with Crippen molar-refractivity contribution < 1.29 is 5.11 Å². The molecule has 0 amide bonds. The number of aromatic hydroxyl groups is 1. The number of phenols is 1. The van der Waals surface area contributed by atoms with Gasteiger partial charge in [0.1, 0.15) is 5.75 Å². The molecule has 0 saturated heterocycles. The minimum Gasteiger partial charge on any atom is -0.508 e. The molecular formula is C25H24O. The van der Waals surface area contributed by atoms with Crippen LogP contribution in [0.1, 0.15) is 60.3 Å². The summed E-state index contributed by atoms with van der Waals surface area (Å²) >= 11 is 0. The van der Waals surface area contributed by atoms with Gasteiger partial charge >= 0.3 is 0 Å². The molecule has 5 rings (SSSR count). The predicted octanol–water partition coefficient (Wildman–Crippen LogP) is 6.56. The smallest absolute Gasteiger partial charge is 0.116 e. The monoisotopic (exact) mass is 340 g/mol. The van der Waals surface area contributed by atoms with Crippen LogP contribution in [0.2, 0.25) is 0 Å². The fourth-order valence-corrected chi connectivity index (χ4v) is 4.87. The quantitative estimate of drug-likeness (QED) is 0.670. The first-order chi connectivity index (χ1) is 12.8. The van der Waals surface area contributed by atoms with Gasteiger partial charge in [0.2, 0.25) is 0 Å². The first kappa shape index (κ1) is 15.7. The molecule has 0 aliphatic heterocycles. The fraction of sp³-hybridized carbons (Fsp3) is 0.280. The lowest BCUT2D eigenvalue weighted by atomic mass is 9.86. The Morgan fingerprint density at radius 1 is 0.923 bits per heavy atom. The third kappa shape index (κ3) is 2.72. The molecule has 26 heavy (non-hydrogen) atoms. The van der Waals surface area contributed by atoms with Crippen LogP contribution < -0.4 is 0 Å². The van der Waals surface area contributed by atoms with Crippen LogP contribution in [-0.2, 0) is 0 Å². The summed E-state index contributed by atoms with van der Waals surface area (Å²) in [5, 5.41) is 9.72. The topological polar surface area (TPSA) is 20.2 Å². The second kappa shape index (κ2) is 6.32. The van der Waals surface area contributed by atoms with Crippen molar-refractivity contribution in [1.82, 2.24) is 0 Å². The summed E-state index contributed by atoms with van der Waals surface area (Å²) < 4.78 is 0. The Bertz CT molecular complexity index is 938. The standard InChI is InChI=1S/C25H24O/c26-23-7-3-6-18(16-23)19-8-9-20(14-19)21-10-12-25-22(15-21)11-13-24(25)17-4-1-2-5-17/h3,6-7,9-17,24,26H,1-2,4-5,8H2. The zero-order valence-electron chi connectivity index (χ0n) is 15.0. The molecule has 0 spiro atoms. The van der Waals surface area contributed by atoms with Gasteiger partial charge in [0, 0.05) is 5.92 Å². The lowest BCUT2D eigenvalue weighted by Crippen LogP contribution is -2.05. The van der Waals surface area contributed by atoms with Crippen LogP contribution in [0.15, 0.2) is 60.7 Å². The summed E-state index contributed by atoms with van der Waals surface area (Å²) in [6.07, 6.45) is 15.8. The van der Waals surface area contributed by atoms with Crippen LogP contribution in [0.25, 0.3) is 17.2 Å². The molecule has 1 nitrogen and oxygen atoms in total. The second-order valence-corrected chi connectivity index (χ2v) is 7.86. The first-order valence-electron chi connectivity index (χ1n) is 9.80. The Balaban J connectivity index is 1.41. The summed E-state index contributed by atoms with van der Waals surface area (Å²) in [5.74, 6) is 1.82. The Kier molecular flexibility index (Phi) is 3.81. The van der Waals surface area contributed by atoms with E-state index in [-0.39, 0.29) is 0 Å². The van der Waals surface area contributed by atoms with Gasteiger partial charge < -0.3 is 5.11 Å². The lowest BCUT2D eigenvalue weighted by Gasteiger charge is -2.18. The summed E-state index contributed by atoms with van der Waals surface area (Å²) in [4.78, 5) is 0. The first-order valence-corrected chi connectivity index (χ1v) is 9.80. The summed E-state index contributed by atoms with van der Waals surface area (Å²) in [5.41, 5.74) is 7.91. The van der Waals surface area contributed by atoms with Gasteiger partial charge in [-0.25, -0.2) is 0 Å². The average molecular weight is 340 g/mol. The minimum atomic E-state index is 0.331. The maximum Gasteiger partial charge on any atom is 0.116 e. The van der Waals surface area contributed by atoms with Gasteiger partial charge in [-0.3, -0.25) is 0 Å². The summed E-state index contributed by atoms with van der Waals surface area (Å²) in [6.45, 7) is 0. The highest BCUT2D eigenvalue weighted by Gasteiger charge is 2.28. The summed E-state index contributed by atoms with van der Waals surface area (Å²) in [7, 11) is 0. The third-order valence-electron chi connectivity index (χ3n) is 6.26. The van der Waals surface area contributed by atoms with Gasteiger partial charge in [-0.2, -0.15) is 0 Å². The van der Waals surface area contributed by atoms with E-state index >= 15 is 0 Å². The van der Waals surface area contributed by atoms with Crippen molar-refractivity contribution in [2.24, 2.45) is 5.92 Å². The van der Waals surface area contributed by atoms with Gasteiger partial charge in [-0.1, -0.05) is 61.4 Å². The van der Waals surface area contributed by atoms with E-state index < -0.39 is 0 Å². The number of rotatable bonds is 3. The maximum atomic E-state index is 9.72. The van der Waals surface area contributed by atoms with E-state index in [0.29, 0.717) is 11.7 Å². The van der Waals surface area contributed by atoms with Crippen LogP contribution in [0, 0.1) is 5.92 Å². The maximum absolute atomic E-state index is 9.72. The van der Waals surface area contributed by atoms with Crippen LogP contribution in [-0.4, -0.2) is 5.11 Å². The van der Waals surface area contributed by atoms with Crippen molar-refractivity contribution >= 4 is 17.2 Å². The van der Waals surface area contributed by atoms with Gasteiger partial charge in [-0.15, -0.1) is 0 Å². The van der Waals surface area contributed by atoms with Crippen LogP contribution in [0.5, 0.6) is 5.75 Å². The van der Waals surface area contributed by atoms with Crippen molar-refractivity contribution in [3.8, 4) is 5.75 Å². The number of allylic oxidation sites excluding steroid dienone is 5. The van der Waals surface area contributed by atoms with Crippen molar-refractivity contribution in [1.29, 1.82) is 0 Å². The molecule has 1 atom stereocenters. The minimum absolute atomic E-state index is 0.331. The van der Waals surface area contributed by atoms with Gasteiger partial charge in [0.15, 0.2) is 0 Å². The van der Waals surface area contributed by atoms with E-state index in [1.54, 1.807) is 6.07 Å². The number of benzene rings is 2. The molecular weight excluding hydrogens is 316 g/mol. The molecule has 1 unspecified atom stereocenters. The highest BCUT2D eigenvalue weighted by Crippen LogP contribution is 2.44. The van der Waals surface area contributed by atoms with E-state index in [4.69, 9.17) is 0 Å². The van der Waals surface area contributed by atoms with E-state index in [2.05, 4.69) is 48.6 Å². The van der Waals surface area contributed by atoms with Gasteiger partial charge in [0.05, 0.1) is 0 Å². The molecule has 0 bridgehead atoms. The van der Waals surface area contributed by atoms with E-state index in [9.17, 15) is 5.11 Å². The number of fused-ring (bicyclic) bond motifs is 1. The van der Waals surface area contributed by atoms with Crippen LogP contribution >= 0.6 is 0 Å². The molecule has 2 aromatic carbocycles. The molecule has 0 radical (unpaired) electrons. The molecule has 0 aromatic heterocycles. The van der Waals surface area contributed by atoms with E-state index in [0.717, 1.165) is 17.9 Å². The Labute approximate surface area is 155 Å². The molecule has 130 valence electrons. The Hall–Kier alpha value is -2.54.